The lowest BCUT2D eigenvalue weighted by Crippen LogP contribution is -2.53. The third kappa shape index (κ3) is 3.33. The maximum absolute atomic E-state index is 14.1. The van der Waals surface area contributed by atoms with Gasteiger partial charge in [-0.2, -0.15) is 0 Å². The normalized spacial score (nSPS) is 21.5. The Kier molecular flexibility index (Phi) is 5.80. The van der Waals surface area contributed by atoms with Gasteiger partial charge in [0.15, 0.2) is 5.54 Å². The number of ketones is 1. The molecule has 8 heteroatoms. The Labute approximate surface area is 191 Å². The van der Waals surface area contributed by atoms with E-state index < -0.39 is 34.7 Å². The predicted octanol–water partition coefficient (Wildman–Crippen LogP) is 2.72. The molecule has 2 aliphatic rings. The van der Waals surface area contributed by atoms with Crippen LogP contribution in [0.3, 0.4) is 0 Å². The highest BCUT2D eigenvalue weighted by Gasteiger charge is 2.66. The molecule has 1 spiro atoms. The smallest absolute Gasteiger partial charge is 0.296 e. The Morgan fingerprint density at radius 3 is 2.33 bits per heavy atom. The van der Waals surface area contributed by atoms with E-state index in [9.17, 15) is 23.9 Å². The molecule has 2 amide bonds. The van der Waals surface area contributed by atoms with Crippen molar-refractivity contribution < 1.29 is 23.9 Å². The Bertz CT molecular complexity index is 1160. The van der Waals surface area contributed by atoms with Crippen molar-refractivity contribution >= 4 is 29.0 Å². The van der Waals surface area contributed by atoms with Gasteiger partial charge in [0.25, 0.3) is 17.6 Å². The number of hydrogen-bond donors (Lipinski definition) is 1. The number of rotatable bonds is 6. The van der Waals surface area contributed by atoms with Crippen molar-refractivity contribution in [3.8, 4) is 0 Å². The SMILES string of the molecule is CCCN1C(=O)C2(/C(=C(/O)c3ccc(F)cc3)C(=O)C(=O)N2CCN(C)C)c2ccccc21. The van der Waals surface area contributed by atoms with Gasteiger partial charge in [-0.05, 0) is 50.8 Å². The summed E-state index contributed by atoms with van der Waals surface area (Å²) in [4.78, 5) is 45.4. The molecular weight excluding hydrogens is 425 g/mol. The van der Waals surface area contributed by atoms with Gasteiger partial charge in [-0.25, -0.2) is 4.39 Å². The summed E-state index contributed by atoms with van der Waals surface area (Å²) in [5, 5.41) is 11.3. The maximum Gasteiger partial charge on any atom is 0.296 e. The number of amides is 2. The Morgan fingerprint density at radius 1 is 1.03 bits per heavy atom. The van der Waals surface area contributed by atoms with Gasteiger partial charge in [0.05, 0.1) is 11.3 Å². The first-order valence-electron chi connectivity index (χ1n) is 10.9. The summed E-state index contributed by atoms with van der Waals surface area (Å²) in [6.07, 6.45) is 0.665. The number of likely N-dealkylation sites (N-methyl/N-ethyl adjacent to an activating group) is 1. The molecule has 1 fully saturated rings. The largest absolute Gasteiger partial charge is 0.507 e. The number of aliphatic hydroxyl groups excluding tert-OH is 1. The van der Waals surface area contributed by atoms with Crippen LogP contribution in [-0.4, -0.2) is 66.2 Å². The zero-order chi connectivity index (χ0) is 23.9. The molecule has 2 aromatic carbocycles. The van der Waals surface area contributed by atoms with E-state index in [1.165, 1.54) is 17.0 Å². The fourth-order valence-electron chi connectivity index (χ4n) is 4.66. The summed E-state index contributed by atoms with van der Waals surface area (Å²) in [5.74, 6) is -3.24. The van der Waals surface area contributed by atoms with E-state index in [-0.39, 0.29) is 17.7 Å². The van der Waals surface area contributed by atoms with Crippen molar-refractivity contribution in [1.82, 2.24) is 9.80 Å². The van der Waals surface area contributed by atoms with Gasteiger partial charge in [0.2, 0.25) is 0 Å². The van der Waals surface area contributed by atoms with E-state index in [1.807, 2.05) is 25.9 Å². The van der Waals surface area contributed by atoms with Crippen LogP contribution in [0, 0.1) is 5.82 Å². The van der Waals surface area contributed by atoms with Crippen molar-refractivity contribution in [3.63, 3.8) is 0 Å². The minimum Gasteiger partial charge on any atom is -0.507 e. The van der Waals surface area contributed by atoms with Gasteiger partial charge in [-0.15, -0.1) is 0 Å². The summed E-state index contributed by atoms with van der Waals surface area (Å²) < 4.78 is 13.5. The molecule has 4 rings (SSSR count). The number of carbonyl (C=O) groups is 3. The highest BCUT2D eigenvalue weighted by Crippen LogP contribution is 2.53. The quantitative estimate of drug-likeness (QED) is 0.415. The molecule has 1 atom stereocenters. The first kappa shape index (κ1) is 22.7. The molecule has 2 heterocycles. The fraction of sp³-hybridized carbons (Fsp3) is 0.320. The van der Waals surface area contributed by atoms with E-state index >= 15 is 0 Å². The van der Waals surface area contributed by atoms with Crippen LogP contribution >= 0.6 is 0 Å². The standard InChI is InChI=1S/C25H26FN3O4/c1-4-13-28-19-8-6-5-7-18(19)25(24(28)33)20(21(30)16-9-11-17(26)12-10-16)22(31)23(32)29(25)15-14-27(2)3/h5-12,30H,4,13-15H2,1-3H3/b21-20+. The number of Topliss-reactive ketones (excluding diaryl/α,β-unsaturated/α-hetero) is 1. The monoisotopic (exact) mass is 451 g/mol. The minimum atomic E-state index is -1.78. The van der Waals surface area contributed by atoms with E-state index in [2.05, 4.69) is 0 Å². The van der Waals surface area contributed by atoms with Crippen LogP contribution in [0.4, 0.5) is 10.1 Å². The summed E-state index contributed by atoms with van der Waals surface area (Å²) >= 11 is 0. The van der Waals surface area contributed by atoms with Gasteiger partial charge in [0.1, 0.15) is 11.6 Å². The lowest BCUT2D eigenvalue weighted by atomic mass is 9.82. The average Bonchev–Trinajstić information content (AvgIpc) is 3.16. The molecule has 1 unspecified atom stereocenters. The number of likely N-dealkylation sites (tertiary alicyclic amines) is 1. The predicted molar refractivity (Wildman–Crippen MR) is 122 cm³/mol. The van der Waals surface area contributed by atoms with Crippen LogP contribution in [0.25, 0.3) is 5.76 Å². The van der Waals surface area contributed by atoms with Crippen molar-refractivity contribution in [2.75, 3.05) is 38.6 Å². The zero-order valence-corrected chi connectivity index (χ0v) is 18.8. The maximum atomic E-state index is 14.1. The summed E-state index contributed by atoms with van der Waals surface area (Å²) in [6, 6.07) is 12.0. The van der Waals surface area contributed by atoms with E-state index in [4.69, 9.17) is 0 Å². The van der Waals surface area contributed by atoms with Crippen molar-refractivity contribution in [1.29, 1.82) is 0 Å². The van der Waals surface area contributed by atoms with Crippen molar-refractivity contribution in [3.05, 3.63) is 71.0 Å². The number of fused-ring (bicyclic) bond motifs is 2. The van der Waals surface area contributed by atoms with Crippen LogP contribution in [0.5, 0.6) is 0 Å². The Hall–Kier alpha value is -3.52. The van der Waals surface area contributed by atoms with Crippen LogP contribution in [0.2, 0.25) is 0 Å². The van der Waals surface area contributed by atoms with Crippen LogP contribution < -0.4 is 4.90 Å². The summed E-state index contributed by atoms with van der Waals surface area (Å²) in [6.45, 7) is 2.85. The zero-order valence-electron chi connectivity index (χ0n) is 18.8. The highest BCUT2D eigenvalue weighted by atomic mass is 19.1. The number of para-hydroxylation sites is 1. The van der Waals surface area contributed by atoms with Crippen molar-refractivity contribution in [2.24, 2.45) is 0 Å². The molecule has 0 bridgehead atoms. The third-order valence-electron chi connectivity index (χ3n) is 6.14. The van der Waals surface area contributed by atoms with Gasteiger partial charge < -0.3 is 19.8 Å². The molecule has 0 aromatic heterocycles. The summed E-state index contributed by atoms with van der Waals surface area (Å²) in [7, 11) is 3.66. The molecular formula is C25H26FN3O4. The molecule has 0 radical (unpaired) electrons. The second-order valence-electron chi connectivity index (χ2n) is 8.50. The lowest BCUT2D eigenvalue weighted by molar-refractivity contribution is -0.143. The molecule has 0 aliphatic carbocycles. The second-order valence-corrected chi connectivity index (χ2v) is 8.50. The second kappa shape index (κ2) is 8.44. The molecule has 1 N–H and O–H groups in total. The first-order chi connectivity index (χ1) is 15.7. The molecule has 0 saturated carbocycles. The van der Waals surface area contributed by atoms with E-state index in [1.54, 1.807) is 29.2 Å². The molecule has 33 heavy (non-hydrogen) atoms. The average molecular weight is 451 g/mol. The Balaban J connectivity index is 2.04. The topological polar surface area (TPSA) is 81.2 Å². The lowest BCUT2D eigenvalue weighted by Gasteiger charge is -2.35. The van der Waals surface area contributed by atoms with Gasteiger partial charge in [0, 0.05) is 30.8 Å². The van der Waals surface area contributed by atoms with Crippen LogP contribution in [-0.2, 0) is 19.9 Å². The number of anilines is 1. The van der Waals surface area contributed by atoms with Crippen LogP contribution in [0.15, 0.2) is 54.1 Å². The molecule has 172 valence electrons. The number of carbonyl (C=O) groups excluding carboxylic acids is 3. The highest BCUT2D eigenvalue weighted by molar-refractivity contribution is 6.50. The third-order valence-corrected chi connectivity index (χ3v) is 6.14. The number of halogens is 1. The van der Waals surface area contributed by atoms with Crippen molar-refractivity contribution in [2.45, 2.75) is 18.9 Å². The van der Waals surface area contributed by atoms with E-state index in [0.29, 0.717) is 30.8 Å². The number of nitrogens with zero attached hydrogens (tertiary/aromatic N) is 3. The molecule has 2 aromatic rings. The fourth-order valence-corrected chi connectivity index (χ4v) is 4.66. The summed E-state index contributed by atoms with van der Waals surface area (Å²) in [5.41, 5.74) is -0.834. The molecule has 2 aliphatic heterocycles. The first-order valence-corrected chi connectivity index (χ1v) is 10.9. The number of benzene rings is 2. The minimum absolute atomic E-state index is 0.109. The number of aliphatic hydroxyl groups is 1. The van der Waals surface area contributed by atoms with Gasteiger partial charge in [-0.3, -0.25) is 14.4 Å². The van der Waals surface area contributed by atoms with Gasteiger partial charge in [-0.1, -0.05) is 25.1 Å². The van der Waals surface area contributed by atoms with E-state index in [0.717, 1.165) is 12.1 Å². The molecule has 1 saturated heterocycles. The number of hydrogen-bond acceptors (Lipinski definition) is 5. The van der Waals surface area contributed by atoms with Crippen LogP contribution in [0.1, 0.15) is 24.5 Å². The van der Waals surface area contributed by atoms with Gasteiger partial charge >= 0.3 is 0 Å². The Morgan fingerprint density at radius 2 is 1.70 bits per heavy atom. The molecule has 7 nitrogen and oxygen atoms in total.